The van der Waals surface area contributed by atoms with Crippen LogP contribution in [-0.2, 0) is 32.7 Å². The van der Waals surface area contributed by atoms with Gasteiger partial charge in [0.25, 0.3) is 0 Å². The van der Waals surface area contributed by atoms with Gasteiger partial charge in [0.05, 0.1) is 13.2 Å². The topological polar surface area (TPSA) is 169 Å². The van der Waals surface area contributed by atoms with Crippen LogP contribution >= 0.6 is 7.82 Å². The van der Waals surface area contributed by atoms with Gasteiger partial charge in [-0.3, -0.25) is 18.6 Å². The zero-order valence-corrected chi connectivity index (χ0v) is 33.7. The number of unbranched alkanes of at least 4 members (excludes halogenated alkanes) is 15. The van der Waals surface area contributed by atoms with Gasteiger partial charge in [-0.15, -0.1) is 0 Å². The highest BCUT2D eigenvalue weighted by molar-refractivity contribution is 7.47. The lowest BCUT2D eigenvalue weighted by Gasteiger charge is -2.18. The molecule has 12 heteroatoms. The largest absolute Gasteiger partial charge is 0.480 e. The number of aliphatic hydroxyl groups excluding tert-OH is 1. The number of phosphoric ester groups is 1. The Kier molecular flexibility index (Phi) is 34.7. The third-order valence-corrected chi connectivity index (χ3v) is 9.32. The number of carbonyl (C=O) groups excluding carboxylic acids is 2. The lowest BCUT2D eigenvalue weighted by Crippen LogP contribution is -2.43. The van der Waals surface area contributed by atoms with Gasteiger partial charge in [0.15, 0.2) is 6.04 Å². The molecule has 11 nitrogen and oxygen atoms in total. The molecule has 0 saturated carbocycles. The highest BCUT2D eigenvalue weighted by Crippen LogP contribution is 2.43. The number of carboxylic acids is 1. The van der Waals surface area contributed by atoms with Crippen molar-refractivity contribution in [1.82, 2.24) is 5.32 Å². The fourth-order valence-electron chi connectivity index (χ4n) is 5.18. The molecule has 0 aliphatic carbocycles. The molecular formula is C41H72NO10P. The molecule has 306 valence electrons. The summed E-state index contributed by atoms with van der Waals surface area (Å²) >= 11 is 0. The minimum Gasteiger partial charge on any atom is -0.480 e. The number of rotatable bonds is 37. The lowest BCUT2D eigenvalue weighted by atomic mass is 10.1. The SMILES string of the molecule is CCCCC/C=C\C/C=C\C/C=C\C/C=C\CCCCCC(=O)NC(COP(=O)(O)OCC(O)COC(=O)CCCCCCCCCCCC)C(=O)O. The summed E-state index contributed by atoms with van der Waals surface area (Å²) in [5.74, 6) is -2.42. The summed E-state index contributed by atoms with van der Waals surface area (Å²) in [6.07, 6.45) is 38.6. The van der Waals surface area contributed by atoms with Gasteiger partial charge in [0.1, 0.15) is 12.7 Å². The third kappa shape index (κ3) is 36.2. The Morgan fingerprint density at radius 1 is 0.604 bits per heavy atom. The molecule has 3 unspecified atom stereocenters. The molecule has 3 atom stereocenters. The Balaban J connectivity index is 4.02. The van der Waals surface area contributed by atoms with E-state index in [2.05, 4.69) is 67.8 Å². The molecule has 0 aliphatic heterocycles. The van der Waals surface area contributed by atoms with E-state index in [0.717, 1.165) is 57.8 Å². The van der Waals surface area contributed by atoms with Crippen LogP contribution in [0.2, 0.25) is 0 Å². The average Bonchev–Trinajstić information content (AvgIpc) is 3.13. The fraction of sp³-hybridized carbons (Fsp3) is 0.732. The van der Waals surface area contributed by atoms with E-state index >= 15 is 0 Å². The fourth-order valence-corrected chi connectivity index (χ4v) is 5.95. The number of allylic oxidation sites excluding steroid dienone is 8. The summed E-state index contributed by atoms with van der Waals surface area (Å²) in [5, 5.41) is 21.7. The van der Waals surface area contributed by atoms with Crippen molar-refractivity contribution in [2.24, 2.45) is 0 Å². The summed E-state index contributed by atoms with van der Waals surface area (Å²) in [6, 6.07) is -1.56. The highest BCUT2D eigenvalue weighted by atomic mass is 31.2. The first-order valence-electron chi connectivity index (χ1n) is 20.2. The van der Waals surface area contributed by atoms with Crippen molar-refractivity contribution in [3.05, 3.63) is 48.6 Å². The molecule has 0 aromatic carbocycles. The van der Waals surface area contributed by atoms with Crippen molar-refractivity contribution in [3.8, 4) is 0 Å². The van der Waals surface area contributed by atoms with Crippen LogP contribution in [0.15, 0.2) is 48.6 Å². The van der Waals surface area contributed by atoms with E-state index in [1.165, 1.54) is 64.2 Å². The van der Waals surface area contributed by atoms with Gasteiger partial charge in [0, 0.05) is 12.8 Å². The maximum Gasteiger partial charge on any atom is 0.472 e. The number of esters is 1. The van der Waals surface area contributed by atoms with Crippen LogP contribution in [-0.4, -0.2) is 64.9 Å². The minimum atomic E-state index is -4.76. The van der Waals surface area contributed by atoms with Crippen LogP contribution in [0.25, 0.3) is 0 Å². The molecule has 0 heterocycles. The van der Waals surface area contributed by atoms with Gasteiger partial charge in [-0.2, -0.15) is 0 Å². The second kappa shape index (κ2) is 36.4. The van der Waals surface area contributed by atoms with Crippen LogP contribution < -0.4 is 5.32 Å². The maximum atomic E-state index is 12.3. The Morgan fingerprint density at radius 2 is 1.04 bits per heavy atom. The van der Waals surface area contributed by atoms with Crippen molar-refractivity contribution in [1.29, 1.82) is 0 Å². The zero-order chi connectivity index (χ0) is 39.3. The minimum absolute atomic E-state index is 0.107. The highest BCUT2D eigenvalue weighted by Gasteiger charge is 2.28. The maximum absolute atomic E-state index is 12.3. The molecule has 0 aromatic heterocycles. The molecule has 53 heavy (non-hydrogen) atoms. The molecule has 4 N–H and O–H groups in total. The smallest absolute Gasteiger partial charge is 0.472 e. The normalized spacial score (nSPS) is 14.3. The number of hydrogen-bond donors (Lipinski definition) is 4. The summed E-state index contributed by atoms with van der Waals surface area (Å²) < 4.78 is 26.7. The van der Waals surface area contributed by atoms with Gasteiger partial charge >= 0.3 is 19.8 Å². The van der Waals surface area contributed by atoms with Crippen LogP contribution in [0.5, 0.6) is 0 Å². The van der Waals surface area contributed by atoms with Crippen LogP contribution in [0, 0.1) is 0 Å². The number of carboxylic acid groups (broad SMARTS) is 1. The van der Waals surface area contributed by atoms with Gasteiger partial charge in [-0.05, 0) is 57.8 Å². The second-order valence-corrected chi connectivity index (χ2v) is 14.9. The quantitative estimate of drug-likeness (QED) is 0.0207. The molecule has 0 aliphatic rings. The predicted molar refractivity (Wildman–Crippen MR) is 212 cm³/mol. The standard InChI is InChI=1S/C41H72NO10P/c1-3-5-7-9-11-13-15-16-17-18-19-20-21-22-23-24-26-28-30-32-39(44)42-38(41(46)47)36-52-53(48,49)51-35-37(43)34-50-40(45)33-31-29-27-25-14-12-10-8-6-4-2/h11,13,16-17,19-20,22-23,37-38,43H,3-10,12,14-15,18,21,24-36H2,1-2H3,(H,42,44)(H,46,47)(H,48,49)/b13-11-,17-16-,20-19-,23-22-. The first-order valence-corrected chi connectivity index (χ1v) is 21.7. The first kappa shape index (κ1) is 50.4. The van der Waals surface area contributed by atoms with Crippen molar-refractivity contribution in [3.63, 3.8) is 0 Å². The molecule has 0 fully saturated rings. The van der Waals surface area contributed by atoms with E-state index in [9.17, 15) is 34.1 Å². The number of aliphatic carboxylic acids is 1. The van der Waals surface area contributed by atoms with Crippen molar-refractivity contribution in [2.75, 3.05) is 19.8 Å². The zero-order valence-electron chi connectivity index (χ0n) is 32.8. The van der Waals surface area contributed by atoms with E-state index in [1.54, 1.807) is 0 Å². The number of amides is 1. The predicted octanol–water partition coefficient (Wildman–Crippen LogP) is 9.83. The summed E-state index contributed by atoms with van der Waals surface area (Å²) in [4.78, 5) is 45.7. The Labute approximate surface area is 320 Å². The molecule has 0 radical (unpaired) electrons. The van der Waals surface area contributed by atoms with Crippen LogP contribution in [0.4, 0.5) is 0 Å². The number of nitrogens with one attached hydrogen (secondary N) is 1. The number of aliphatic hydroxyl groups is 1. The molecule has 0 saturated heterocycles. The molecule has 0 spiro atoms. The van der Waals surface area contributed by atoms with Crippen LogP contribution in [0.1, 0.15) is 162 Å². The van der Waals surface area contributed by atoms with Gasteiger partial charge in [0.2, 0.25) is 5.91 Å². The summed E-state index contributed by atoms with van der Waals surface area (Å²) in [6.45, 7) is 2.50. The van der Waals surface area contributed by atoms with E-state index in [-0.39, 0.29) is 12.8 Å². The third-order valence-electron chi connectivity index (χ3n) is 8.37. The van der Waals surface area contributed by atoms with Crippen molar-refractivity contribution < 1.29 is 47.8 Å². The van der Waals surface area contributed by atoms with Gasteiger partial charge in [-0.25, -0.2) is 9.36 Å². The molecule has 0 bridgehead atoms. The number of phosphoric acid groups is 1. The molecule has 0 rings (SSSR count). The van der Waals surface area contributed by atoms with E-state index < -0.39 is 57.6 Å². The van der Waals surface area contributed by atoms with Crippen molar-refractivity contribution in [2.45, 2.75) is 174 Å². The Bertz CT molecular complexity index is 1090. The number of carbonyl (C=O) groups is 3. The Morgan fingerprint density at radius 3 is 1.58 bits per heavy atom. The lowest BCUT2D eigenvalue weighted by molar-refractivity contribution is -0.147. The molecule has 0 aromatic rings. The first-order chi connectivity index (χ1) is 25.6. The number of hydrogen-bond acceptors (Lipinski definition) is 8. The van der Waals surface area contributed by atoms with Crippen molar-refractivity contribution >= 4 is 25.7 Å². The monoisotopic (exact) mass is 769 g/mol. The van der Waals surface area contributed by atoms with E-state index in [4.69, 9.17) is 13.8 Å². The molecule has 1 amide bonds. The molecular weight excluding hydrogens is 697 g/mol. The summed E-state index contributed by atoms with van der Waals surface area (Å²) in [5.41, 5.74) is 0. The van der Waals surface area contributed by atoms with E-state index in [0.29, 0.717) is 12.8 Å². The van der Waals surface area contributed by atoms with Crippen LogP contribution in [0.3, 0.4) is 0 Å². The van der Waals surface area contributed by atoms with E-state index in [1.807, 2.05) is 0 Å². The average molecular weight is 770 g/mol. The second-order valence-electron chi connectivity index (χ2n) is 13.5. The van der Waals surface area contributed by atoms with Gasteiger partial charge in [-0.1, -0.05) is 140 Å². The number of ether oxygens (including phenoxy) is 1. The Hall–Kier alpha value is -2.56. The summed E-state index contributed by atoms with van der Waals surface area (Å²) in [7, 11) is -4.76. The van der Waals surface area contributed by atoms with Gasteiger partial charge < -0.3 is 25.2 Å².